The Balaban J connectivity index is 1.62. The second-order valence-electron chi connectivity index (χ2n) is 6.67. The van der Waals surface area contributed by atoms with E-state index in [-0.39, 0.29) is 6.10 Å². The molecule has 3 aromatic rings. The maximum Gasteiger partial charge on any atom is 0.216 e. The molecular formula is C19H22N6OS. The van der Waals surface area contributed by atoms with Crippen molar-refractivity contribution in [3.05, 3.63) is 63.4 Å². The van der Waals surface area contributed by atoms with Crippen molar-refractivity contribution in [2.75, 3.05) is 6.61 Å². The van der Waals surface area contributed by atoms with Crippen LogP contribution in [-0.4, -0.2) is 37.5 Å². The van der Waals surface area contributed by atoms with Gasteiger partial charge in [0.1, 0.15) is 6.10 Å². The Kier molecular flexibility index (Phi) is 5.00. The fourth-order valence-electron chi connectivity index (χ4n) is 3.33. The van der Waals surface area contributed by atoms with Gasteiger partial charge in [-0.1, -0.05) is 30.3 Å². The van der Waals surface area contributed by atoms with E-state index in [9.17, 15) is 0 Å². The Morgan fingerprint density at radius 3 is 2.89 bits per heavy atom. The number of nitrogens with zero attached hydrogens (tertiary/aromatic N) is 5. The number of hydrogen-bond donors (Lipinski definition) is 1. The number of rotatable bonds is 5. The number of hydrogen-bond acceptors (Lipinski definition) is 5. The number of aryl methyl sites for hydroxylation is 1. The van der Waals surface area contributed by atoms with Gasteiger partial charge in [0, 0.05) is 17.9 Å². The van der Waals surface area contributed by atoms with E-state index >= 15 is 0 Å². The molecule has 0 aliphatic carbocycles. The maximum absolute atomic E-state index is 5.72. The molecule has 1 aliphatic rings. The summed E-state index contributed by atoms with van der Waals surface area (Å²) in [5, 5.41) is 16.4. The van der Waals surface area contributed by atoms with Crippen molar-refractivity contribution in [1.29, 1.82) is 0 Å². The smallest absolute Gasteiger partial charge is 0.216 e. The van der Waals surface area contributed by atoms with Crippen molar-refractivity contribution in [1.82, 2.24) is 24.7 Å². The van der Waals surface area contributed by atoms with Crippen LogP contribution in [0.5, 0.6) is 0 Å². The van der Waals surface area contributed by atoms with Crippen molar-refractivity contribution < 1.29 is 4.74 Å². The molecule has 1 aliphatic heterocycles. The first-order valence-corrected chi connectivity index (χ1v) is 9.45. The van der Waals surface area contributed by atoms with E-state index in [4.69, 9.17) is 17.0 Å². The number of aromatic amines is 1. The summed E-state index contributed by atoms with van der Waals surface area (Å²) in [4.78, 5) is 0. The third-order valence-electron chi connectivity index (χ3n) is 4.81. The molecule has 0 spiro atoms. The minimum Gasteiger partial charge on any atom is -0.370 e. The zero-order chi connectivity index (χ0) is 18.8. The van der Waals surface area contributed by atoms with E-state index < -0.39 is 0 Å². The average Bonchev–Trinajstić information content (AvgIpc) is 3.37. The maximum atomic E-state index is 5.72. The highest BCUT2D eigenvalue weighted by Crippen LogP contribution is 2.27. The van der Waals surface area contributed by atoms with Gasteiger partial charge in [-0.15, -0.1) is 0 Å². The minimum atomic E-state index is -0.0573. The summed E-state index contributed by atoms with van der Waals surface area (Å²) in [6.07, 6.45) is 3.71. The van der Waals surface area contributed by atoms with Gasteiger partial charge in [-0.2, -0.15) is 20.0 Å². The molecule has 1 aromatic carbocycles. The second-order valence-corrected chi connectivity index (χ2v) is 7.06. The second kappa shape index (κ2) is 7.58. The summed E-state index contributed by atoms with van der Waals surface area (Å²) in [5.74, 6) is 0.723. The lowest BCUT2D eigenvalue weighted by molar-refractivity contribution is 0.102. The molecule has 140 valence electrons. The SMILES string of the molecule is Cc1nn(Cc2ccccc2)c(C)c1/C=N/n1c([C@@H]2CCCO2)n[nH]c1=S. The normalized spacial score (nSPS) is 17.2. The summed E-state index contributed by atoms with van der Waals surface area (Å²) in [5.41, 5.74) is 4.20. The Morgan fingerprint density at radius 2 is 2.15 bits per heavy atom. The molecule has 0 amide bonds. The van der Waals surface area contributed by atoms with Crippen LogP contribution in [0.3, 0.4) is 0 Å². The van der Waals surface area contributed by atoms with Gasteiger partial charge in [0.25, 0.3) is 0 Å². The lowest BCUT2D eigenvalue weighted by Gasteiger charge is -2.07. The van der Waals surface area contributed by atoms with Crippen LogP contribution in [0.25, 0.3) is 0 Å². The van der Waals surface area contributed by atoms with E-state index in [0.717, 1.165) is 48.8 Å². The van der Waals surface area contributed by atoms with E-state index in [1.165, 1.54) is 5.56 Å². The first-order chi connectivity index (χ1) is 13.1. The van der Waals surface area contributed by atoms with Crippen molar-refractivity contribution in [2.45, 2.75) is 39.3 Å². The summed E-state index contributed by atoms with van der Waals surface area (Å²) in [7, 11) is 0. The highest BCUT2D eigenvalue weighted by atomic mass is 32.1. The molecule has 0 radical (unpaired) electrons. The molecule has 2 aromatic heterocycles. The monoisotopic (exact) mass is 382 g/mol. The summed E-state index contributed by atoms with van der Waals surface area (Å²) >= 11 is 5.34. The van der Waals surface area contributed by atoms with Crippen LogP contribution < -0.4 is 0 Å². The molecule has 27 heavy (non-hydrogen) atoms. The van der Waals surface area contributed by atoms with Crippen LogP contribution in [0.4, 0.5) is 0 Å². The largest absolute Gasteiger partial charge is 0.370 e. The third kappa shape index (κ3) is 3.63. The van der Waals surface area contributed by atoms with Gasteiger partial charge in [-0.3, -0.25) is 9.78 Å². The van der Waals surface area contributed by atoms with Gasteiger partial charge in [0.2, 0.25) is 4.77 Å². The predicted octanol–water partition coefficient (Wildman–Crippen LogP) is 3.54. The van der Waals surface area contributed by atoms with Crippen molar-refractivity contribution in [3.8, 4) is 0 Å². The predicted molar refractivity (Wildman–Crippen MR) is 106 cm³/mol. The average molecular weight is 382 g/mol. The third-order valence-corrected chi connectivity index (χ3v) is 5.07. The molecule has 3 heterocycles. The van der Waals surface area contributed by atoms with Gasteiger partial charge < -0.3 is 4.74 Å². The van der Waals surface area contributed by atoms with Gasteiger partial charge >= 0.3 is 0 Å². The van der Waals surface area contributed by atoms with Crippen LogP contribution in [0.2, 0.25) is 0 Å². The van der Waals surface area contributed by atoms with Gasteiger partial charge in [-0.25, -0.2) is 0 Å². The molecule has 1 N–H and O–H groups in total. The highest BCUT2D eigenvalue weighted by Gasteiger charge is 2.23. The van der Waals surface area contributed by atoms with E-state index in [1.807, 2.05) is 36.0 Å². The number of benzene rings is 1. The van der Waals surface area contributed by atoms with Gasteiger partial charge in [-0.05, 0) is 44.5 Å². The molecule has 0 saturated carbocycles. The van der Waals surface area contributed by atoms with E-state index in [0.29, 0.717) is 4.77 Å². The zero-order valence-electron chi connectivity index (χ0n) is 15.4. The lowest BCUT2D eigenvalue weighted by Crippen LogP contribution is -2.06. The van der Waals surface area contributed by atoms with Crippen LogP contribution in [0.1, 0.15) is 47.3 Å². The number of nitrogens with one attached hydrogen (secondary N) is 1. The zero-order valence-corrected chi connectivity index (χ0v) is 16.2. The summed E-state index contributed by atoms with van der Waals surface area (Å²) in [6.45, 7) is 5.53. The minimum absolute atomic E-state index is 0.0573. The van der Waals surface area contributed by atoms with Gasteiger partial charge in [0.15, 0.2) is 5.82 Å². The molecule has 1 fully saturated rings. The standard InChI is InChI=1S/C19H22N6OS/c1-13-16(14(2)24(23-13)12-15-7-4-3-5-8-15)11-20-25-18(21-22-19(25)27)17-9-6-10-26-17/h3-5,7-8,11,17H,6,9-10,12H2,1-2H3,(H,22,27)/b20-11+/t17-/m0/s1. The highest BCUT2D eigenvalue weighted by molar-refractivity contribution is 7.71. The number of H-pyrrole nitrogens is 1. The van der Waals surface area contributed by atoms with E-state index in [1.54, 1.807) is 4.68 Å². The Labute approximate surface area is 162 Å². The van der Waals surface area contributed by atoms with E-state index in [2.05, 4.69) is 39.5 Å². The number of aromatic nitrogens is 5. The van der Waals surface area contributed by atoms with Crippen molar-refractivity contribution in [2.24, 2.45) is 5.10 Å². The fraction of sp³-hybridized carbons (Fsp3) is 0.368. The quantitative estimate of drug-likeness (QED) is 0.541. The fourth-order valence-corrected chi connectivity index (χ4v) is 3.51. The molecular weight excluding hydrogens is 360 g/mol. The molecule has 0 bridgehead atoms. The van der Waals surface area contributed by atoms with Gasteiger partial charge in [0.05, 0.1) is 18.5 Å². The molecule has 8 heteroatoms. The molecule has 1 saturated heterocycles. The molecule has 7 nitrogen and oxygen atoms in total. The van der Waals surface area contributed by atoms with Crippen LogP contribution in [-0.2, 0) is 11.3 Å². The Morgan fingerprint density at radius 1 is 1.33 bits per heavy atom. The Bertz CT molecular complexity index is 1010. The number of ether oxygens (including phenoxy) is 1. The Hall–Kier alpha value is -2.58. The first-order valence-electron chi connectivity index (χ1n) is 9.04. The summed E-state index contributed by atoms with van der Waals surface area (Å²) in [6, 6.07) is 10.3. The first kappa shape index (κ1) is 17.8. The molecule has 0 unspecified atom stereocenters. The lowest BCUT2D eigenvalue weighted by atomic mass is 10.2. The van der Waals surface area contributed by atoms with Crippen LogP contribution in [0.15, 0.2) is 35.4 Å². The van der Waals surface area contributed by atoms with Crippen molar-refractivity contribution in [3.63, 3.8) is 0 Å². The topological polar surface area (TPSA) is 73.0 Å². The molecule has 4 rings (SSSR count). The van der Waals surface area contributed by atoms with Crippen LogP contribution in [0, 0.1) is 18.6 Å². The van der Waals surface area contributed by atoms with Crippen molar-refractivity contribution >= 4 is 18.4 Å². The molecule has 1 atom stereocenters. The summed E-state index contributed by atoms with van der Waals surface area (Å²) < 4.78 is 9.84. The van der Waals surface area contributed by atoms with Crippen LogP contribution >= 0.6 is 12.2 Å².